The molecule has 0 bridgehead atoms. The van der Waals surface area contributed by atoms with Crippen LogP contribution in [0.15, 0.2) is 39.2 Å². The Morgan fingerprint density at radius 2 is 2.03 bits per heavy atom. The Labute approximate surface area is 197 Å². The lowest BCUT2D eigenvalue weighted by atomic mass is 9.99. The van der Waals surface area contributed by atoms with Crippen molar-refractivity contribution in [1.82, 2.24) is 5.32 Å². The van der Waals surface area contributed by atoms with Crippen LogP contribution in [0.25, 0.3) is 6.08 Å². The highest BCUT2D eigenvalue weighted by Crippen LogP contribution is 2.29. The fraction of sp³-hybridized carbons (Fsp3) is 0.400. The number of amides is 1. The SMILES string of the molecule is CCCCc1cc(C)c(C=C(C)C(=O)c2c(O)cc(C(C)CCC=CNC(=O)O)oc2=O)s1. The third kappa shape index (κ3) is 7.46. The first-order valence-electron chi connectivity index (χ1n) is 11.0. The van der Waals surface area contributed by atoms with E-state index in [1.807, 2.05) is 13.8 Å². The molecule has 1 amide bonds. The lowest BCUT2D eigenvalue weighted by molar-refractivity contribution is 0.102. The third-order valence-electron chi connectivity index (χ3n) is 5.24. The highest BCUT2D eigenvalue weighted by atomic mass is 32.1. The molecule has 178 valence electrons. The van der Waals surface area contributed by atoms with E-state index >= 15 is 0 Å². The van der Waals surface area contributed by atoms with Crippen molar-refractivity contribution >= 4 is 29.3 Å². The average molecular weight is 474 g/mol. The molecule has 3 N–H and O–H groups in total. The molecule has 1 unspecified atom stereocenters. The molecule has 0 saturated heterocycles. The minimum Gasteiger partial charge on any atom is -0.507 e. The van der Waals surface area contributed by atoms with Gasteiger partial charge in [0.2, 0.25) is 0 Å². The van der Waals surface area contributed by atoms with Crippen molar-refractivity contribution in [3.63, 3.8) is 0 Å². The van der Waals surface area contributed by atoms with Crippen LogP contribution in [0.5, 0.6) is 5.75 Å². The van der Waals surface area contributed by atoms with Gasteiger partial charge in [0.25, 0.3) is 0 Å². The van der Waals surface area contributed by atoms with E-state index in [-0.39, 0.29) is 17.2 Å². The van der Waals surface area contributed by atoms with Gasteiger partial charge in [-0.3, -0.25) is 10.1 Å². The summed E-state index contributed by atoms with van der Waals surface area (Å²) >= 11 is 1.63. The first-order valence-corrected chi connectivity index (χ1v) is 11.8. The van der Waals surface area contributed by atoms with Crippen LogP contribution < -0.4 is 10.9 Å². The van der Waals surface area contributed by atoms with Gasteiger partial charge in [0.05, 0.1) is 0 Å². The molecule has 0 aromatic carbocycles. The third-order valence-corrected chi connectivity index (χ3v) is 6.49. The average Bonchev–Trinajstić information content (AvgIpc) is 3.09. The molecule has 2 heterocycles. The maximum Gasteiger partial charge on any atom is 0.408 e. The highest BCUT2D eigenvalue weighted by Gasteiger charge is 2.22. The maximum absolute atomic E-state index is 12.9. The van der Waals surface area contributed by atoms with E-state index < -0.39 is 23.3 Å². The lowest BCUT2D eigenvalue weighted by Gasteiger charge is -2.11. The maximum atomic E-state index is 12.9. The zero-order valence-corrected chi connectivity index (χ0v) is 20.3. The summed E-state index contributed by atoms with van der Waals surface area (Å²) in [6.45, 7) is 7.58. The Kier molecular flexibility index (Phi) is 9.66. The molecule has 2 aromatic rings. The zero-order chi connectivity index (χ0) is 24.5. The monoisotopic (exact) mass is 473 g/mol. The predicted octanol–water partition coefficient (Wildman–Crippen LogP) is 6.01. The van der Waals surface area contributed by atoms with Crippen molar-refractivity contribution in [3.8, 4) is 5.75 Å². The number of hydrogen-bond donors (Lipinski definition) is 3. The highest BCUT2D eigenvalue weighted by molar-refractivity contribution is 7.13. The number of allylic oxidation sites excluding steroid dienone is 2. The van der Waals surface area contributed by atoms with Crippen LogP contribution in [-0.4, -0.2) is 22.1 Å². The van der Waals surface area contributed by atoms with Crippen LogP contribution in [-0.2, 0) is 6.42 Å². The largest absolute Gasteiger partial charge is 0.507 e. The minimum absolute atomic E-state index is 0.214. The van der Waals surface area contributed by atoms with Crippen molar-refractivity contribution in [2.45, 2.75) is 65.7 Å². The molecule has 33 heavy (non-hydrogen) atoms. The van der Waals surface area contributed by atoms with Gasteiger partial charge in [-0.1, -0.05) is 26.3 Å². The molecule has 2 rings (SSSR count). The molecule has 1 atom stereocenters. The Morgan fingerprint density at radius 3 is 2.67 bits per heavy atom. The van der Waals surface area contributed by atoms with Crippen LogP contribution in [0.3, 0.4) is 0 Å². The Bertz CT molecular complexity index is 1110. The number of rotatable bonds is 11. The first kappa shape index (κ1) is 26.1. The summed E-state index contributed by atoms with van der Waals surface area (Å²) in [5.41, 5.74) is 0.183. The topological polar surface area (TPSA) is 117 Å². The Morgan fingerprint density at radius 1 is 1.30 bits per heavy atom. The molecule has 0 fully saturated rings. The molecule has 0 aliphatic heterocycles. The summed E-state index contributed by atoms with van der Waals surface area (Å²) in [6.07, 6.45) is 7.89. The van der Waals surface area contributed by atoms with Gasteiger partial charge in [-0.05, 0) is 62.8 Å². The fourth-order valence-corrected chi connectivity index (χ4v) is 4.51. The first-order chi connectivity index (χ1) is 15.6. The van der Waals surface area contributed by atoms with Crippen LogP contribution in [0.1, 0.15) is 83.8 Å². The van der Waals surface area contributed by atoms with Crippen molar-refractivity contribution in [3.05, 3.63) is 67.0 Å². The summed E-state index contributed by atoms with van der Waals surface area (Å²) in [4.78, 5) is 38.1. The van der Waals surface area contributed by atoms with Gasteiger partial charge in [0.15, 0.2) is 5.78 Å². The molecule has 0 aliphatic carbocycles. The smallest absolute Gasteiger partial charge is 0.408 e. The second-order valence-electron chi connectivity index (χ2n) is 8.05. The number of Topliss-reactive ketones (excluding diaryl/α,β-unsaturated/α-hetero) is 1. The van der Waals surface area contributed by atoms with E-state index in [0.717, 1.165) is 29.7 Å². The number of unbranched alkanes of at least 4 members (excludes halogenated alkanes) is 1. The number of carboxylic acid groups (broad SMARTS) is 1. The van der Waals surface area contributed by atoms with Crippen molar-refractivity contribution in [1.29, 1.82) is 0 Å². The molecular formula is C25H31NO6S. The normalized spacial score (nSPS) is 12.8. The summed E-state index contributed by atoms with van der Waals surface area (Å²) in [7, 11) is 0. The summed E-state index contributed by atoms with van der Waals surface area (Å²) in [6, 6.07) is 3.43. The van der Waals surface area contributed by atoms with Crippen molar-refractivity contribution in [2.75, 3.05) is 0 Å². The van der Waals surface area contributed by atoms with Crippen LogP contribution in [0.4, 0.5) is 4.79 Å². The summed E-state index contributed by atoms with van der Waals surface area (Å²) in [5, 5.41) is 21.1. The summed E-state index contributed by atoms with van der Waals surface area (Å²) in [5.74, 6) is -0.911. The fourth-order valence-electron chi connectivity index (χ4n) is 3.29. The predicted molar refractivity (Wildman–Crippen MR) is 130 cm³/mol. The number of carbonyl (C=O) groups excluding carboxylic acids is 1. The molecule has 0 aliphatic rings. The molecule has 0 spiro atoms. The Balaban J connectivity index is 2.17. The van der Waals surface area contributed by atoms with E-state index in [9.17, 15) is 19.5 Å². The van der Waals surface area contributed by atoms with Crippen molar-refractivity contribution < 1.29 is 24.2 Å². The minimum atomic E-state index is -1.15. The Hall–Kier alpha value is -3.13. The number of thiophene rings is 1. The zero-order valence-electron chi connectivity index (χ0n) is 19.4. The van der Waals surface area contributed by atoms with E-state index in [2.05, 4.69) is 18.3 Å². The van der Waals surface area contributed by atoms with Gasteiger partial charge < -0.3 is 14.6 Å². The van der Waals surface area contributed by atoms with E-state index in [1.54, 1.807) is 30.4 Å². The lowest BCUT2D eigenvalue weighted by Crippen LogP contribution is -2.16. The van der Waals surface area contributed by atoms with Gasteiger partial charge in [0, 0.05) is 27.9 Å². The number of nitrogens with one attached hydrogen (secondary N) is 1. The second-order valence-corrected chi connectivity index (χ2v) is 9.22. The van der Waals surface area contributed by atoms with Gasteiger partial charge >= 0.3 is 11.7 Å². The quantitative estimate of drug-likeness (QED) is 0.272. The van der Waals surface area contributed by atoms with Gasteiger partial charge in [0.1, 0.15) is 17.1 Å². The number of carbonyl (C=O) groups is 2. The molecule has 2 aromatic heterocycles. The number of hydrogen-bond acceptors (Lipinski definition) is 6. The molecule has 0 radical (unpaired) electrons. The van der Waals surface area contributed by atoms with Gasteiger partial charge in [-0.15, -0.1) is 11.3 Å². The molecule has 0 saturated carbocycles. The number of aryl methyl sites for hydroxylation is 2. The van der Waals surface area contributed by atoms with Crippen LogP contribution in [0, 0.1) is 6.92 Å². The number of aromatic hydroxyl groups is 1. The molecular weight excluding hydrogens is 442 g/mol. The molecule has 7 nitrogen and oxygen atoms in total. The van der Waals surface area contributed by atoms with Crippen LogP contribution >= 0.6 is 11.3 Å². The van der Waals surface area contributed by atoms with E-state index in [1.165, 1.54) is 17.1 Å². The van der Waals surface area contributed by atoms with Crippen molar-refractivity contribution in [2.24, 2.45) is 0 Å². The standard InChI is InChI=1S/C25H31NO6S/c1-5-6-10-18-12-16(3)21(33-18)13-17(4)23(28)22-19(27)14-20(32-24(22)29)15(2)9-7-8-11-26-25(30)31/h8,11-15,26-27H,5-7,9-10H2,1-4H3,(H,30,31). The number of ketones is 1. The van der Waals surface area contributed by atoms with Crippen LogP contribution in [0.2, 0.25) is 0 Å². The van der Waals surface area contributed by atoms with E-state index in [4.69, 9.17) is 9.52 Å². The van der Waals surface area contributed by atoms with Gasteiger partial charge in [-0.2, -0.15) is 0 Å². The van der Waals surface area contributed by atoms with Gasteiger partial charge in [-0.25, -0.2) is 9.59 Å². The van der Waals surface area contributed by atoms with E-state index in [0.29, 0.717) is 18.4 Å². The molecule has 8 heteroatoms. The summed E-state index contributed by atoms with van der Waals surface area (Å²) < 4.78 is 5.35. The second kappa shape index (κ2) is 12.2.